The number of rotatable bonds is 3. The van der Waals surface area contributed by atoms with Crippen molar-refractivity contribution >= 4 is 17.3 Å². The lowest BCUT2D eigenvalue weighted by Crippen LogP contribution is -2.28. The minimum atomic E-state index is -0.0318. The number of nitrogens with one attached hydrogen (secondary N) is 1. The number of benzene rings is 2. The third-order valence-corrected chi connectivity index (χ3v) is 3.96. The van der Waals surface area contributed by atoms with Crippen LogP contribution in [-0.4, -0.2) is 11.9 Å². The van der Waals surface area contributed by atoms with Gasteiger partial charge in [0.2, 0.25) is 5.91 Å². The van der Waals surface area contributed by atoms with Crippen LogP contribution < -0.4 is 10.2 Å². The second-order valence-electron chi connectivity index (χ2n) is 5.69. The maximum absolute atomic E-state index is 11.2. The predicted octanol–water partition coefficient (Wildman–Crippen LogP) is 3.60. The molecule has 0 aliphatic carbocycles. The smallest absolute Gasteiger partial charge is 0.221 e. The number of hydrogen-bond acceptors (Lipinski definition) is 2. The highest BCUT2D eigenvalue weighted by Crippen LogP contribution is 2.35. The SMILES string of the molecule is CC(=O)Nc1ccc2c(c1)N(Cc1ccccc1)C(C)C2. The van der Waals surface area contributed by atoms with Crippen molar-refractivity contribution in [1.29, 1.82) is 0 Å². The Bertz CT molecular complexity index is 652. The maximum atomic E-state index is 11.2. The fraction of sp³-hybridized carbons (Fsp3) is 0.278. The Hall–Kier alpha value is -2.29. The van der Waals surface area contributed by atoms with Crippen LogP contribution in [0, 0.1) is 0 Å². The summed E-state index contributed by atoms with van der Waals surface area (Å²) >= 11 is 0. The Morgan fingerprint density at radius 3 is 2.71 bits per heavy atom. The van der Waals surface area contributed by atoms with Gasteiger partial charge in [-0.15, -0.1) is 0 Å². The molecule has 0 saturated carbocycles. The van der Waals surface area contributed by atoms with Gasteiger partial charge in [-0.1, -0.05) is 36.4 Å². The van der Waals surface area contributed by atoms with Crippen LogP contribution >= 0.6 is 0 Å². The average molecular weight is 280 g/mol. The molecule has 1 amide bonds. The second-order valence-corrected chi connectivity index (χ2v) is 5.69. The summed E-state index contributed by atoms with van der Waals surface area (Å²) in [6, 6.07) is 17.2. The summed E-state index contributed by atoms with van der Waals surface area (Å²) in [4.78, 5) is 13.6. The zero-order chi connectivity index (χ0) is 14.8. The number of nitrogens with zero attached hydrogens (tertiary/aromatic N) is 1. The molecule has 108 valence electrons. The Morgan fingerprint density at radius 1 is 1.24 bits per heavy atom. The molecule has 0 spiro atoms. The van der Waals surface area contributed by atoms with E-state index in [0.29, 0.717) is 6.04 Å². The van der Waals surface area contributed by atoms with Crippen LogP contribution in [0.3, 0.4) is 0 Å². The van der Waals surface area contributed by atoms with Crippen LogP contribution in [0.25, 0.3) is 0 Å². The highest BCUT2D eigenvalue weighted by Gasteiger charge is 2.26. The molecule has 1 aliphatic heterocycles. The molecular formula is C18H20N2O. The monoisotopic (exact) mass is 280 g/mol. The summed E-state index contributed by atoms with van der Waals surface area (Å²) in [6.07, 6.45) is 1.06. The first-order chi connectivity index (χ1) is 10.1. The molecular weight excluding hydrogens is 260 g/mol. The summed E-state index contributed by atoms with van der Waals surface area (Å²) in [5.74, 6) is -0.0318. The van der Waals surface area contributed by atoms with Crippen molar-refractivity contribution < 1.29 is 4.79 Å². The van der Waals surface area contributed by atoms with Crippen LogP contribution in [0.4, 0.5) is 11.4 Å². The fourth-order valence-electron chi connectivity index (χ4n) is 2.97. The van der Waals surface area contributed by atoms with Crippen molar-refractivity contribution in [2.75, 3.05) is 10.2 Å². The largest absolute Gasteiger partial charge is 0.364 e. The van der Waals surface area contributed by atoms with E-state index in [9.17, 15) is 4.79 Å². The van der Waals surface area contributed by atoms with Gasteiger partial charge in [0.25, 0.3) is 0 Å². The van der Waals surface area contributed by atoms with Crippen molar-refractivity contribution in [3.8, 4) is 0 Å². The van der Waals surface area contributed by atoms with Gasteiger partial charge in [-0.25, -0.2) is 0 Å². The van der Waals surface area contributed by atoms with Crippen LogP contribution in [0.2, 0.25) is 0 Å². The minimum Gasteiger partial charge on any atom is -0.364 e. The van der Waals surface area contributed by atoms with Gasteiger partial charge in [-0.2, -0.15) is 0 Å². The molecule has 1 N–H and O–H groups in total. The minimum absolute atomic E-state index is 0.0318. The molecule has 21 heavy (non-hydrogen) atoms. The maximum Gasteiger partial charge on any atom is 0.221 e. The molecule has 0 fully saturated rings. The first-order valence-corrected chi connectivity index (χ1v) is 7.34. The lowest BCUT2D eigenvalue weighted by atomic mass is 10.1. The fourth-order valence-corrected chi connectivity index (χ4v) is 2.97. The number of amides is 1. The molecule has 0 bridgehead atoms. The van der Waals surface area contributed by atoms with Gasteiger partial charge in [0.15, 0.2) is 0 Å². The lowest BCUT2D eigenvalue weighted by Gasteiger charge is -2.25. The van der Waals surface area contributed by atoms with Crippen LogP contribution in [0.15, 0.2) is 48.5 Å². The Labute approximate surface area is 125 Å². The van der Waals surface area contributed by atoms with Crippen molar-refractivity contribution in [1.82, 2.24) is 0 Å². The zero-order valence-electron chi connectivity index (χ0n) is 12.5. The second kappa shape index (κ2) is 5.60. The van der Waals surface area contributed by atoms with Crippen molar-refractivity contribution in [3.63, 3.8) is 0 Å². The van der Waals surface area contributed by atoms with Crippen LogP contribution in [0.1, 0.15) is 25.0 Å². The Kier molecular flexibility index (Phi) is 3.65. The molecule has 1 aliphatic rings. The zero-order valence-corrected chi connectivity index (χ0v) is 12.5. The summed E-state index contributed by atoms with van der Waals surface area (Å²) in [5.41, 5.74) is 4.76. The molecule has 1 atom stereocenters. The normalized spacial score (nSPS) is 16.7. The van der Waals surface area contributed by atoms with Crippen molar-refractivity contribution in [2.24, 2.45) is 0 Å². The lowest BCUT2D eigenvalue weighted by molar-refractivity contribution is -0.114. The number of fused-ring (bicyclic) bond motifs is 1. The van der Waals surface area contributed by atoms with Gasteiger partial charge in [0.1, 0.15) is 0 Å². The summed E-state index contributed by atoms with van der Waals surface area (Å²) in [6.45, 7) is 4.69. The number of anilines is 2. The van der Waals surface area contributed by atoms with Gasteiger partial charge in [-0.3, -0.25) is 4.79 Å². The Morgan fingerprint density at radius 2 is 2.00 bits per heavy atom. The molecule has 3 rings (SSSR count). The summed E-state index contributed by atoms with van der Waals surface area (Å²) in [7, 11) is 0. The highest BCUT2D eigenvalue weighted by atomic mass is 16.1. The standard InChI is InChI=1S/C18H20N2O/c1-13-10-16-8-9-17(19-14(2)21)11-18(16)20(13)12-15-6-4-3-5-7-15/h3-9,11,13H,10,12H2,1-2H3,(H,19,21). The van der Waals surface area contributed by atoms with E-state index in [0.717, 1.165) is 18.7 Å². The Balaban J connectivity index is 1.88. The number of carbonyl (C=O) groups is 1. The van der Waals surface area contributed by atoms with Crippen molar-refractivity contribution in [2.45, 2.75) is 32.9 Å². The molecule has 2 aromatic carbocycles. The van der Waals surface area contributed by atoms with E-state index in [1.54, 1.807) is 0 Å². The highest BCUT2D eigenvalue weighted by molar-refractivity contribution is 5.89. The molecule has 0 radical (unpaired) electrons. The molecule has 2 aromatic rings. The first-order valence-electron chi connectivity index (χ1n) is 7.34. The molecule has 1 unspecified atom stereocenters. The molecule has 3 heteroatoms. The summed E-state index contributed by atoms with van der Waals surface area (Å²) in [5, 5.41) is 2.87. The number of carbonyl (C=O) groups excluding carboxylic acids is 1. The quantitative estimate of drug-likeness (QED) is 0.931. The van der Waals surface area contributed by atoms with Gasteiger partial charge in [0.05, 0.1) is 0 Å². The van der Waals surface area contributed by atoms with E-state index >= 15 is 0 Å². The van der Waals surface area contributed by atoms with E-state index < -0.39 is 0 Å². The van der Waals surface area contributed by atoms with E-state index in [-0.39, 0.29) is 5.91 Å². The van der Waals surface area contributed by atoms with Crippen molar-refractivity contribution in [3.05, 3.63) is 59.7 Å². The van der Waals surface area contributed by atoms with E-state index in [1.165, 1.54) is 23.7 Å². The van der Waals surface area contributed by atoms with Gasteiger partial charge in [-0.05, 0) is 36.6 Å². The molecule has 3 nitrogen and oxygen atoms in total. The average Bonchev–Trinajstić information content (AvgIpc) is 2.76. The van der Waals surface area contributed by atoms with Crippen LogP contribution in [0.5, 0.6) is 0 Å². The van der Waals surface area contributed by atoms with E-state index in [4.69, 9.17) is 0 Å². The van der Waals surface area contributed by atoms with Gasteiger partial charge in [0, 0.05) is 30.9 Å². The van der Waals surface area contributed by atoms with Crippen LogP contribution in [-0.2, 0) is 17.8 Å². The first kappa shape index (κ1) is 13.7. The number of hydrogen-bond donors (Lipinski definition) is 1. The third-order valence-electron chi connectivity index (χ3n) is 3.96. The molecule has 1 heterocycles. The predicted molar refractivity (Wildman–Crippen MR) is 86.5 cm³/mol. The molecule has 0 saturated heterocycles. The van der Waals surface area contributed by atoms with E-state index in [2.05, 4.69) is 53.5 Å². The van der Waals surface area contributed by atoms with E-state index in [1.807, 2.05) is 12.1 Å². The third kappa shape index (κ3) is 2.92. The molecule has 0 aromatic heterocycles. The summed E-state index contributed by atoms with van der Waals surface area (Å²) < 4.78 is 0. The van der Waals surface area contributed by atoms with Gasteiger partial charge < -0.3 is 10.2 Å². The van der Waals surface area contributed by atoms with Gasteiger partial charge >= 0.3 is 0 Å². The topological polar surface area (TPSA) is 32.3 Å².